The number of methoxy groups -OCH3 is 1. The monoisotopic (exact) mass is 398 g/mol. The summed E-state index contributed by atoms with van der Waals surface area (Å²) in [6, 6.07) is 13.9. The number of aryl methyl sites for hydroxylation is 1. The summed E-state index contributed by atoms with van der Waals surface area (Å²) < 4.78 is 10.8. The van der Waals surface area contributed by atoms with Crippen molar-refractivity contribution in [3.63, 3.8) is 0 Å². The third-order valence-electron chi connectivity index (χ3n) is 5.14. The number of ether oxygens (including phenoxy) is 1. The zero-order valence-corrected chi connectivity index (χ0v) is 17.3. The number of carbonyl (C=O) groups excluding carboxylic acids is 2. The molecule has 0 N–H and O–H groups in total. The molecule has 0 unspecified atom stereocenters. The fourth-order valence-corrected chi connectivity index (χ4v) is 3.28. The SMILES string of the molecule is COCCN(CC(=O)N(CCc1ccccc1)Cc1ccc(C)o1)C(=O)C1CC1. The molecule has 0 atom stereocenters. The highest BCUT2D eigenvalue weighted by Crippen LogP contribution is 2.31. The molecule has 0 saturated heterocycles. The molecule has 0 aliphatic heterocycles. The molecule has 29 heavy (non-hydrogen) atoms. The van der Waals surface area contributed by atoms with Crippen LogP contribution in [-0.2, 0) is 27.3 Å². The van der Waals surface area contributed by atoms with Crippen LogP contribution < -0.4 is 0 Å². The molecule has 1 saturated carbocycles. The van der Waals surface area contributed by atoms with E-state index in [9.17, 15) is 9.59 Å². The second-order valence-electron chi connectivity index (χ2n) is 7.59. The van der Waals surface area contributed by atoms with Crippen LogP contribution in [0.1, 0.15) is 29.9 Å². The third kappa shape index (κ3) is 6.46. The van der Waals surface area contributed by atoms with Gasteiger partial charge in [-0.15, -0.1) is 0 Å². The minimum absolute atomic E-state index is 0.0623. The Morgan fingerprint density at radius 2 is 1.83 bits per heavy atom. The molecule has 2 amide bonds. The van der Waals surface area contributed by atoms with Crippen molar-refractivity contribution in [3.05, 3.63) is 59.5 Å². The number of benzene rings is 1. The lowest BCUT2D eigenvalue weighted by Gasteiger charge is -2.27. The molecule has 1 fully saturated rings. The Morgan fingerprint density at radius 1 is 1.07 bits per heavy atom. The van der Waals surface area contributed by atoms with Gasteiger partial charge in [-0.05, 0) is 43.9 Å². The number of hydrogen-bond acceptors (Lipinski definition) is 4. The van der Waals surface area contributed by atoms with E-state index in [4.69, 9.17) is 9.15 Å². The van der Waals surface area contributed by atoms with E-state index < -0.39 is 0 Å². The first-order chi connectivity index (χ1) is 14.1. The van der Waals surface area contributed by atoms with Crippen molar-refractivity contribution in [1.29, 1.82) is 0 Å². The fraction of sp³-hybridized carbons (Fsp3) is 0.478. The molecule has 1 aromatic carbocycles. The summed E-state index contributed by atoms with van der Waals surface area (Å²) in [5.74, 6) is 1.64. The van der Waals surface area contributed by atoms with Gasteiger partial charge in [-0.25, -0.2) is 0 Å². The largest absolute Gasteiger partial charge is 0.464 e. The Balaban J connectivity index is 1.67. The van der Waals surface area contributed by atoms with Crippen molar-refractivity contribution in [2.45, 2.75) is 32.7 Å². The van der Waals surface area contributed by atoms with Crippen LogP contribution >= 0.6 is 0 Å². The Bertz CT molecular complexity index is 798. The van der Waals surface area contributed by atoms with E-state index in [-0.39, 0.29) is 24.3 Å². The summed E-state index contributed by atoms with van der Waals surface area (Å²) in [6.45, 7) is 3.79. The summed E-state index contributed by atoms with van der Waals surface area (Å²) in [4.78, 5) is 29.2. The molecule has 1 aromatic heterocycles. The second-order valence-corrected chi connectivity index (χ2v) is 7.59. The minimum Gasteiger partial charge on any atom is -0.464 e. The number of furan rings is 1. The lowest BCUT2D eigenvalue weighted by atomic mass is 10.1. The van der Waals surface area contributed by atoms with Crippen LogP contribution in [0.4, 0.5) is 0 Å². The molecule has 156 valence electrons. The van der Waals surface area contributed by atoms with E-state index in [1.807, 2.05) is 37.3 Å². The first-order valence-corrected chi connectivity index (χ1v) is 10.2. The van der Waals surface area contributed by atoms with Crippen molar-refractivity contribution in [3.8, 4) is 0 Å². The predicted molar refractivity (Wildman–Crippen MR) is 110 cm³/mol. The Morgan fingerprint density at radius 3 is 2.45 bits per heavy atom. The third-order valence-corrected chi connectivity index (χ3v) is 5.14. The quantitative estimate of drug-likeness (QED) is 0.584. The van der Waals surface area contributed by atoms with Gasteiger partial charge in [0.25, 0.3) is 0 Å². The van der Waals surface area contributed by atoms with Crippen LogP contribution in [0, 0.1) is 12.8 Å². The van der Waals surface area contributed by atoms with Gasteiger partial charge < -0.3 is 19.0 Å². The van der Waals surface area contributed by atoms with E-state index in [0.717, 1.165) is 30.8 Å². The van der Waals surface area contributed by atoms with Gasteiger partial charge >= 0.3 is 0 Å². The van der Waals surface area contributed by atoms with Crippen LogP contribution in [0.25, 0.3) is 0 Å². The van der Waals surface area contributed by atoms with Crippen molar-refractivity contribution in [1.82, 2.24) is 9.80 Å². The van der Waals surface area contributed by atoms with Gasteiger partial charge in [-0.3, -0.25) is 9.59 Å². The molecule has 6 nitrogen and oxygen atoms in total. The van der Waals surface area contributed by atoms with Crippen molar-refractivity contribution < 1.29 is 18.7 Å². The molecule has 3 rings (SSSR count). The Hall–Kier alpha value is -2.60. The van der Waals surface area contributed by atoms with E-state index in [1.54, 1.807) is 16.9 Å². The molecule has 0 radical (unpaired) electrons. The lowest BCUT2D eigenvalue weighted by Crippen LogP contribution is -2.45. The minimum atomic E-state index is -0.0694. The van der Waals surface area contributed by atoms with Gasteiger partial charge in [0.2, 0.25) is 11.8 Å². The molecule has 1 heterocycles. The number of amides is 2. The fourth-order valence-electron chi connectivity index (χ4n) is 3.28. The van der Waals surface area contributed by atoms with Crippen LogP contribution in [0.2, 0.25) is 0 Å². The highest BCUT2D eigenvalue weighted by molar-refractivity contribution is 5.87. The summed E-state index contributed by atoms with van der Waals surface area (Å²) in [5.41, 5.74) is 1.17. The molecule has 0 spiro atoms. The Kier molecular flexibility index (Phi) is 7.47. The predicted octanol–water partition coefficient (Wildman–Crippen LogP) is 3.04. The molecular formula is C23H30N2O4. The molecule has 2 aromatic rings. The summed E-state index contributed by atoms with van der Waals surface area (Å²) in [7, 11) is 1.60. The molecule has 0 bridgehead atoms. The van der Waals surface area contributed by atoms with Gasteiger partial charge in [0, 0.05) is 26.1 Å². The van der Waals surface area contributed by atoms with Gasteiger partial charge in [-0.1, -0.05) is 30.3 Å². The smallest absolute Gasteiger partial charge is 0.242 e. The van der Waals surface area contributed by atoms with Crippen molar-refractivity contribution in [2.24, 2.45) is 5.92 Å². The maximum atomic E-state index is 13.1. The number of hydrogen-bond donors (Lipinski definition) is 0. The molecule has 1 aliphatic carbocycles. The standard InChI is InChI=1S/C23H30N2O4/c1-18-8-11-21(29-18)16-24(13-12-19-6-4-3-5-7-19)22(26)17-25(14-15-28-2)23(27)20-9-10-20/h3-8,11,20H,9-10,12-17H2,1-2H3. The second kappa shape index (κ2) is 10.3. The molecule has 6 heteroatoms. The Labute approximate surface area is 172 Å². The van der Waals surface area contributed by atoms with Crippen molar-refractivity contribution in [2.75, 3.05) is 33.4 Å². The maximum absolute atomic E-state index is 13.1. The van der Waals surface area contributed by atoms with Gasteiger partial charge in [-0.2, -0.15) is 0 Å². The van der Waals surface area contributed by atoms with Crippen LogP contribution in [0.15, 0.2) is 46.9 Å². The van der Waals surface area contributed by atoms with Gasteiger partial charge in [0.05, 0.1) is 19.7 Å². The van der Waals surface area contributed by atoms with E-state index >= 15 is 0 Å². The van der Waals surface area contributed by atoms with Crippen LogP contribution in [0.5, 0.6) is 0 Å². The summed E-state index contributed by atoms with van der Waals surface area (Å²) >= 11 is 0. The normalized spacial score (nSPS) is 13.3. The topological polar surface area (TPSA) is 63.0 Å². The zero-order valence-electron chi connectivity index (χ0n) is 17.3. The van der Waals surface area contributed by atoms with Gasteiger partial charge in [0.15, 0.2) is 0 Å². The highest BCUT2D eigenvalue weighted by Gasteiger charge is 2.34. The van der Waals surface area contributed by atoms with E-state index in [0.29, 0.717) is 26.2 Å². The average molecular weight is 399 g/mol. The summed E-state index contributed by atoms with van der Waals surface area (Å²) in [6.07, 6.45) is 2.58. The zero-order chi connectivity index (χ0) is 20.6. The average Bonchev–Trinajstić information content (AvgIpc) is 3.50. The highest BCUT2D eigenvalue weighted by atomic mass is 16.5. The lowest BCUT2D eigenvalue weighted by molar-refractivity contribution is -0.142. The van der Waals surface area contributed by atoms with Crippen LogP contribution in [0.3, 0.4) is 0 Å². The first kappa shape index (κ1) is 21.1. The number of nitrogens with zero attached hydrogens (tertiary/aromatic N) is 2. The van der Waals surface area contributed by atoms with Gasteiger partial charge in [0.1, 0.15) is 11.5 Å². The molecule has 1 aliphatic rings. The first-order valence-electron chi connectivity index (χ1n) is 10.2. The number of carbonyl (C=O) groups is 2. The van der Waals surface area contributed by atoms with Crippen LogP contribution in [-0.4, -0.2) is 55.0 Å². The van der Waals surface area contributed by atoms with Crippen molar-refractivity contribution >= 4 is 11.8 Å². The van der Waals surface area contributed by atoms with E-state index in [1.165, 1.54) is 5.56 Å². The van der Waals surface area contributed by atoms with E-state index in [2.05, 4.69) is 12.1 Å². The molecular weight excluding hydrogens is 368 g/mol. The maximum Gasteiger partial charge on any atom is 0.242 e. The number of rotatable bonds is 11. The summed E-state index contributed by atoms with van der Waals surface area (Å²) in [5, 5.41) is 0.